The van der Waals surface area contributed by atoms with Crippen molar-refractivity contribution in [1.29, 1.82) is 0 Å². The van der Waals surface area contributed by atoms with E-state index in [9.17, 15) is 0 Å². The Balaban J connectivity index is 1.61. The first-order valence-electron chi connectivity index (χ1n) is 8.22. The van der Waals surface area contributed by atoms with E-state index in [-0.39, 0.29) is 0 Å². The van der Waals surface area contributed by atoms with Crippen molar-refractivity contribution in [2.45, 2.75) is 25.8 Å². The van der Waals surface area contributed by atoms with Crippen LogP contribution in [0.3, 0.4) is 0 Å². The van der Waals surface area contributed by atoms with Gasteiger partial charge in [-0.15, -0.1) is 0 Å². The molecule has 24 heavy (non-hydrogen) atoms. The van der Waals surface area contributed by atoms with Crippen molar-refractivity contribution < 1.29 is 9.47 Å². The average molecular weight is 328 g/mol. The molecule has 1 fully saturated rings. The third kappa shape index (κ3) is 3.88. The first-order chi connectivity index (χ1) is 11.7. The highest BCUT2D eigenvalue weighted by molar-refractivity contribution is 5.54. The quantitative estimate of drug-likeness (QED) is 0.911. The number of nitrogens with one attached hydrogen (secondary N) is 1. The second-order valence-corrected chi connectivity index (χ2v) is 6.01. The lowest BCUT2D eigenvalue weighted by Crippen LogP contribution is -2.40. The summed E-state index contributed by atoms with van der Waals surface area (Å²) in [4.78, 5) is 11.1. The average Bonchev–Trinajstić information content (AvgIpc) is 2.62. The summed E-state index contributed by atoms with van der Waals surface area (Å²) < 4.78 is 10.7. The molecule has 1 aliphatic heterocycles. The Labute approximate surface area is 142 Å². The highest BCUT2D eigenvalue weighted by Crippen LogP contribution is 2.27. The molecule has 0 atom stereocenters. The molecule has 6 nitrogen and oxygen atoms in total. The molecule has 0 radical (unpaired) electrons. The number of hydrogen-bond acceptors (Lipinski definition) is 6. The fourth-order valence-corrected chi connectivity index (χ4v) is 2.94. The molecular weight excluding hydrogens is 304 g/mol. The zero-order chi connectivity index (χ0) is 16.9. The van der Waals surface area contributed by atoms with E-state index in [1.54, 1.807) is 14.2 Å². The van der Waals surface area contributed by atoms with E-state index in [2.05, 4.69) is 20.2 Å². The second kappa shape index (κ2) is 7.38. The zero-order valence-corrected chi connectivity index (χ0v) is 14.5. The number of benzene rings is 1. The molecule has 2 aromatic rings. The fourth-order valence-electron chi connectivity index (χ4n) is 2.94. The molecule has 2 heterocycles. The van der Waals surface area contributed by atoms with Gasteiger partial charge in [0, 0.05) is 54.9 Å². The van der Waals surface area contributed by atoms with Gasteiger partial charge in [0.1, 0.15) is 11.5 Å². The minimum atomic E-state index is 0.419. The molecule has 128 valence electrons. The molecule has 0 amide bonds. The molecule has 1 N–H and O–H groups in total. The van der Waals surface area contributed by atoms with Crippen molar-refractivity contribution in [1.82, 2.24) is 9.97 Å². The predicted octanol–water partition coefficient (Wildman–Crippen LogP) is 2.88. The molecule has 3 rings (SSSR count). The van der Waals surface area contributed by atoms with Crippen LogP contribution >= 0.6 is 0 Å². The summed E-state index contributed by atoms with van der Waals surface area (Å²) in [5.74, 6) is 2.42. The van der Waals surface area contributed by atoms with E-state index < -0.39 is 0 Å². The lowest BCUT2D eigenvalue weighted by Gasteiger charge is -2.33. The SMILES string of the molecule is COc1cc(NC2CCN(c3nccc(C)n3)CC2)cc(OC)c1. The van der Waals surface area contributed by atoms with Gasteiger partial charge in [0.05, 0.1) is 14.2 Å². The summed E-state index contributed by atoms with van der Waals surface area (Å²) in [6.07, 6.45) is 3.90. The Hall–Kier alpha value is -2.50. The van der Waals surface area contributed by atoms with Crippen LogP contribution in [0, 0.1) is 6.92 Å². The Morgan fingerprint density at radius 1 is 1.08 bits per heavy atom. The van der Waals surface area contributed by atoms with Gasteiger partial charge in [-0.05, 0) is 25.8 Å². The van der Waals surface area contributed by atoms with Gasteiger partial charge in [0.25, 0.3) is 0 Å². The Kier molecular flexibility index (Phi) is 5.03. The van der Waals surface area contributed by atoms with Gasteiger partial charge < -0.3 is 19.7 Å². The van der Waals surface area contributed by atoms with Crippen LogP contribution in [0.4, 0.5) is 11.6 Å². The standard InChI is InChI=1S/C18H24N4O2/c1-13-4-7-19-18(20-13)22-8-5-14(6-9-22)21-15-10-16(23-2)12-17(11-15)24-3/h4,7,10-12,14,21H,5-6,8-9H2,1-3H3. The van der Waals surface area contributed by atoms with E-state index in [0.717, 1.165) is 54.8 Å². The van der Waals surface area contributed by atoms with Crippen LogP contribution in [0.25, 0.3) is 0 Å². The molecule has 0 aliphatic carbocycles. The number of nitrogens with zero attached hydrogens (tertiary/aromatic N) is 3. The van der Waals surface area contributed by atoms with Crippen LogP contribution in [0.1, 0.15) is 18.5 Å². The molecule has 1 aromatic heterocycles. The molecule has 1 saturated heterocycles. The maximum atomic E-state index is 5.33. The van der Waals surface area contributed by atoms with E-state index in [4.69, 9.17) is 9.47 Å². The number of methoxy groups -OCH3 is 2. The Morgan fingerprint density at radius 2 is 1.75 bits per heavy atom. The normalized spacial score (nSPS) is 15.2. The van der Waals surface area contributed by atoms with Gasteiger partial charge in [-0.25, -0.2) is 9.97 Å². The number of piperidine rings is 1. The topological polar surface area (TPSA) is 59.5 Å². The minimum Gasteiger partial charge on any atom is -0.497 e. The number of aromatic nitrogens is 2. The van der Waals surface area contributed by atoms with Crippen molar-refractivity contribution in [2.24, 2.45) is 0 Å². The molecule has 1 aliphatic rings. The largest absolute Gasteiger partial charge is 0.497 e. The van der Waals surface area contributed by atoms with Crippen molar-refractivity contribution in [2.75, 3.05) is 37.5 Å². The van der Waals surface area contributed by atoms with Gasteiger partial charge in [-0.2, -0.15) is 0 Å². The molecule has 6 heteroatoms. The smallest absolute Gasteiger partial charge is 0.225 e. The van der Waals surface area contributed by atoms with Gasteiger partial charge in [-0.1, -0.05) is 0 Å². The summed E-state index contributed by atoms with van der Waals surface area (Å²) >= 11 is 0. The summed E-state index contributed by atoms with van der Waals surface area (Å²) in [5.41, 5.74) is 2.03. The molecular formula is C18H24N4O2. The van der Waals surface area contributed by atoms with Crippen LogP contribution in [0.5, 0.6) is 11.5 Å². The van der Waals surface area contributed by atoms with Crippen LogP contribution in [-0.4, -0.2) is 43.3 Å². The van der Waals surface area contributed by atoms with E-state index >= 15 is 0 Å². The predicted molar refractivity (Wildman–Crippen MR) is 95.2 cm³/mol. The lowest BCUT2D eigenvalue weighted by molar-refractivity contribution is 0.394. The van der Waals surface area contributed by atoms with Gasteiger partial charge in [0.15, 0.2) is 0 Å². The van der Waals surface area contributed by atoms with Crippen LogP contribution < -0.4 is 19.7 Å². The van der Waals surface area contributed by atoms with Crippen molar-refractivity contribution in [3.63, 3.8) is 0 Å². The van der Waals surface area contributed by atoms with Crippen LogP contribution in [0.2, 0.25) is 0 Å². The summed E-state index contributed by atoms with van der Waals surface area (Å²) in [6.45, 7) is 3.89. The number of rotatable bonds is 5. The van der Waals surface area contributed by atoms with Gasteiger partial charge in [0.2, 0.25) is 5.95 Å². The molecule has 0 bridgehead atoms. The van der Waals surface area contributed by atoms with Crippen LogP contribution in [0.15, 0.2) is 30.5 Å². The molecule has 0 saturated carbocycles. The third-order valence-electron chi connectivity index (χ3n) is 4.28. The summed E-state index contributed by atoms with van der Waals surface area (Å²) in [6, 6.07) is 8.22. The Morgan fingerprint density at radius 3 is 2.33 bits per heavy atom. The second-order valence-electron chi connectivity index (χ2n) is 6.01. The number of ether oxygens (including phenoxy) is 2. The number of anilines is 2. The lowest BCUT2D eigenvalue weighted by atomic mass is 10.0. The van der Waals surface area contributed by atoms with Gasteiger partial charge >= 0.3 is 0 Å². The molecule has 0 spiro atoms. The maximum Gasteiger partial charge on any atom is 0.225 e. The number of aryl methyl sites for hydroxylation is 1. The van der Waals surface area contributed by atoms with E-state index in [0.29, 0.717) is 6.04 Å². The van der Waals surface area contributed by atoms with E-state index in [1.807, 2.05) is 37.4 Å². The Bertz CT molecular complexity index is 662. The third-order valence-corrected chi connectivity index (χ3v) is 4.28. The first-order valence-corrected chi connectivity index (χ1v) is 8.22. The monoisotopic (exact) mass is 328 g/mol. The summed E-state index contributed by atoms with van der Waals surface area (Å²) in [7, 11) is 3.33. The number of hydrogen-bond donors (Lipinski definition) is 1. The van der Waals surface area contributed by atoms with Crippen molar-refractivity contribution >= 4 is 11.6 Å². The zero-order valence-electron chi connectivity index (χ0n) is 14.5. The van der Waals surface area contributed by atoms with Crippen molar-refractivity contribution in [3.05, 3.63) is 36.2 Å². The fraction of sp³-hybridized carbons (Fsp3) is 0.444. The highest BCUT2D eigenvalue weighted by Gasteiger charge is 2.21. The molecule has 0 unspecified atom stereocenters. The van der Waals surface area contributed by atoms with Crippen molar-refractivity contribution in [3.8, 4) is 11.5 Å². The molecule has 1 aromatic carbocycles. The van der Waals surface area contributed by atoms with Gasteiger partial charge in [-0.3, -0.25) is 0 Å². The van der Waals surface area contributed by atoms with E-state index in [1.165, 1.54) is 0 Å². The highest BCUT2D eigenvalue weighted by atomic mass is 16.5. The first kappa shape index (κ1) is 16.4. The van der Waals surface area contributed by atoms with Crippen LogP contribution in [-0.2, 0) is 0 Å². The summed E-state index contributed by atoms with van der Waals surface area (Å²) in [5, 5.41) is 3.59. The maximum absolute atomic E-state index is 5.33. The minimum absolute atomic E-state index is 0.419.